The number of aliphatic hydroxyl groups is 1. The van der Waals surface area contributed by atoms with Crippen molar-refractivity contribution in [1.29, 1.82) is 0 Å². The average Bonchev–Trinajstić information content (AvgIpc) is 3.25. The van der Waals surface area contributed by atoms with E-state index in [1.807, 2.05) is 27.7 Å². The van der Waals surface area contributed by atoms with E-state index in [0.717, 1.165) is 24.2 Å². The van der Waals surface area contributed by atoms with Crippen LogP contribution in [-0.2, 0) is 0 Å². The van der Waals surface area contributed by atoms with Crippen molar-refractivity contribution in [2.45, 2.75) is 46.6 Å². The average molecular weight is 317 g/mol. The van der Waals surface area contributed by atoms with Gasteiger partial charge in [-0.25, -0.2) is 0 Å². The zero-order valence-electron chi connectivity index (χ0n) is 14.4. The van der Waals surface area contributed by atoms with Gasteiger partial charge in [0.1, 0.15) is 0 Å². The van der Waals surface area contributed by atoms with Crippen molar-refractivity contribution < 1.29 is 9.90 Å². The van der Waals surface area contributed by atoms with Crippen LogP contribution >= 0.6 is 0 Å². The number of nitrogens with one attached hydrogen (secondary N) is 2. The van der Waals surface area contributed by atoms with Gasteiger partial charge in [0, 0.05) is 23.5 Å². The Labute approximate surface area is 137 Å². The van der Waals surface area contributed by atoms with Crippen LogP contribution in [0.25, 0.3) is 0 Å². The van der Waals surface area contributed by atoms with Gasteiger partial charge in [-0.3, -0.25) is 9.79 Å². The Bertz CT molecular complexity index is 619. The van der Waals surface area contributed by atoms with Gasteiger partial charge in [-0.1, -0.05) is 27.4 Å². The van der Waals surface area contributed by atoms with Crippen LogP contribution in [0.15, 0.2) is 23.8 Å². The van der Waals surface area contributed by atoms with Gasteiger partial charge < -0.3 is 15.4 Å². The molecular weight excluding hydrogens is 290 g/mol. The number of aryl methyl sites for hydroxylation is 1. The van der Waals surface area contributed by atoms with E-state index in [-0.39, 0.29) is 24.0 Å². The van der Waals surface area contributed by atoms with Crippen molar-refractivity contribution in [2.24, 2.45) is 16.3 Å². The van der Waals surface area contributed by atoms with E-state index in [9.17, 15) is 9.90 Å². The molecule has 1 heterocycles. The summed E-state index contributed by atoms with van der Waals surface area (Å²) in [4.78, 5) is 20.3. The van der Waals surface area contributed by atoms with Crippen molar-refractivity contribution >= 4 is 17.3 Å². The van der Waals surface area contributed by atoms with E-state index in [4.69, 9.17) is 0 Å². The van der Waals surface area contributed by atoms with Gasteiger partial charge in [0.15, 0.2) is 0 Å². The minimum Gasteiger partial charge on any atom is -0.394 e. The number of carbonyl (C=O) groups excluding carboxylic acids is 1. The molecule has 23 heavy (non-hydrogen) atoms. The first-order valence-corrected chi connectivity index (χ1v) is 8.08. The van der Waals surface area contributed by atoms with Gasteiger partial charge in [-0.2, -0.15) is 0 Å². The maximum Gasteiger partial charge on any atom is 0.255 e. The first kappa shape index (κ1) is 17.5. The molecule has 0 radical (unpaired) electrons. The van der Waals surface area contributed by atoms with Crippen LogP contribution in [0.1, 0.15) is 49.7 Å². The number of amides is 1. The number of hydrogen-bond donors (Lipinski definition) is 3. The van der Waals surface area contributed by atoms with Gasteiger partial charge in [-0.15, -0.1) is 0 Å². The molecule has 1 aromatic rings. The van der Waals surface area contributed by atoms with Crippen LogP contribution in [-0.4, -0.2) is 34.4 Å². The molecule has 126 valence electrons. The summed E-state index contributed by atoms with van der Waals surface area (Å²) >= 11 is 0. The summed E-state index contributed by atoms with van der Waals surface area (Å²) in [7, 11) is 0. The number of nitrogens with zero attached hydrogens (tertiary/aromatic N) is 1. The normalized spacial score (nSPS) is 17.0. The maximum absolute atomic E-state index is 12.6. The first-order valence-electron chi connectivity index (χ1n) is 8.08. The fourth-order valence-electron chi connectivity index (χ4n) is 2.42. The molecule has 1 amide bonds. The summed E-state index contributed by atoms with van der Waals surface area (Å²) < 4.78 is 0. The lowest BCUT2D eigenvalue weighted by molar-refractivity contribution is 0.0849. The van der Waals surface area contributed by atoms with E-state index < -0.39 is 0 Å². The lowest BCUT2D eigenvalue weighted by atomic mass is 9.87. The van der Waals surface area contributed by atoms with Crippen molar-refractivity contribution in [3.05, 3.63) is 30.1 Å². The van der Waals surface area contributed by atoms with E-state index in [1.165, 1.54) is 0 Å². The molecule has 1 aliphatic rings. The third-order valence-electron chi connectivity index (χ3n) is 4.27. The van der Waals surface area contributed by atoms with Crippen molar-refractivity contribution in [1.82, 2.24) is 10.3 Å². The molecule has 1 saturated carbocycles. The second-order valence-electron chi connectivity index (χ2n) is 7.27. The van der Waals surface area contributed by atoms with Crippen molar-refractivity contribution in [3.8, 4) is 0 Å². The van der Waals surface area contributed by atoms with Crippen molar-refractivity contribution in [2.75, 3.05) is 6.61 Å². The topological polar surface area (TPSA) is 77.5 Å². The third-order valence-corrected chi connectivity index (χ3v) is 4.27. The fraction of sp³-hybridized carbons (Fsp3) is 0.556. The predicted molar refractivity (Wildman–Crippen MR) is 93.3 cm³/mol. The molecule has 2 rings (SSSR count). The lowest BCUT2D eigenvalue weighted by Gasteiger charge is -2.29. The minimum absolute atomic E-state index is 0.1000. The van der Waals surface area contributed by atoms with Gasteiger partial charge in [0.05, 0.1) is 23.9 Å². The summed E-state index contributed by atoms with van der Waals surface area (Å²) in [5, 5.41) is 12.4. The first-order chi connectivity index (χ1) is 10.8. The minimum atomic E-state index is -0.315. The summed E-state index contributed by atoms with van der Waals surface area (Å²) in [6.07, 6.45) is 5.71. The number of rotatable bonds is 6. The number of aliphatic imine (C=N–C) groups is 1. The van der Waals surface area contributed by atoms with E-state index in [0.29, 0.717) is 17.2 Å². The molecule has 1 aromatic heterocycles. The quantitative estimate of drug-likeness (QED) is 0.705. The highest BCUT2D eigenvalue weighted by Gasteiger charge is 2.29. The zero-order chi connectivity index (χ0) is 17.2. The zero-order valence-corrected chi connectivity index (χ0v) is 14.4. The highest BCUT2D eigenvalue weighted by atomic mass is 16.3. The van der Waals surface area contributed by atoms with Crippen LogP contribution in [0.3, 0.4) is 0 Å². The predicted octanol–water partition coefficient (Wildman–Crippen LogP) is 3.13. The van der Waals surface area contributed by atoms with Crippen LogP contribution in [0, 0.1) is 18.3 Å². The Balaban J connectivity index is 2.26. The molecular formula is C18H27N3O2. The van der Waals surface area contributed by atoms with Gasteiger partial charge in [0.25, 0.3) is 5.91 Å². The number of aromatic nitrogens is 1. The highest BCUT2D eigenvalue weighted by Crippen LogP contribution is 2.34. The Morgan fingerprint density at radius 1 is 1.57 bits per heavy atom. The number of allylic oxidation sites excluding steroid dienone is 1. The van der Waals surface area contributed by atoms with Gasteiger partial charge in [-0.05, 0) is 31.3 Å². The number of carbonyl (C=O) groups is 1. The molecule has 0 aromatic carbocycles. The molecule has 1 atom stereocenters. The SMILES string of the molecule is C=CC(=Nc1c(C(=O)N[C@@H](CO)C(C)(C)C)c[nH]c1C)C1CC1. The van der Waals surface area contributed by atoms with Crippen LogP contribution in [0.5, 0.6) is 0 Å². The summed E-state index contributed by atoms with van der Waals surface area (Å²) in [5.41, 5.74) is 2.74. The molecule has 1 aliphatic carbocycles. The molecule has 5 nitrogen and oxygen atoms in total. The second kappa shape index (κ2) is 6.71. The summed E-state index contributed by atoms with van der Waals surface area (Å²) in [5.74, 6) is 0.249. The maximum atomic E-state index is 12.6. The Morgan fingerprint density at radius 3 is 2.70 bits per heavy atom. The lowest BCUT2D eigenvalue weighted by Crippen LogP contribution is -2.46. The highest BCUT2D eigenvalue weighted by molar-refractivity contribution is 6.04. The molecule has 5 heteroatoms. The van der Waals surface area contributed by atoms with E-state index in [1.54, 1.807) is 12.3 Å². The fourth-order valence-corrected chi connectivity index (χ4v) is 2.42. The molecule has 3 N–H and O–H groups in total. The largest absolute Gasteiger partial charge is 0.394 e. The number of H-pyrrole nitrogens is 1. The molecule has 1 fully saturated rings. The monoisotopic (exact) mass is 317 g/mol. The molecule has 0 spiro atoms. The standard InChI is InChI=1S/C18H27N3O2/c1-6-14(12-7-8-12)20-16-11(2)19-9-13(16)17(23)21-15(10-22)18(3,4)5/h6,9,12,15,19,22H,1,7-8,10H2,2-5H3,(H,21,23)/t15-/m0/s1. The number of aromatic amines is 1. The van der Waals surface area contributed by atoms with E-state index in [2.05, 4.69) is 21.9 Å². The van der Waals surface area contributed by atoms with Gasteiger partial charge >= 0.3 is 0 Å². The number of hydrogen-bond acceptors (Lipinski definition) is 3. The molecule has 0 aliphatic heterocycles. The Morgan fingerprint density at radius 2 is 2.22 bits per heavy atom. The van der Waals surface area contributed by atoms with Crippen molar-refractivity contribution in [3.63, 3.8) is 0 Å². The third kappa shape index (κ3) is 4.10. The smallest absolute Gasteiger partial charge is 0.255 e. The molecule has 0 unspecified atom stereocenters. The Kier molecular flexibility index (Phi) is 5.09. The van der Waals surface area contributed by atoms with Crippen LogP contribution in [0.2, 0.25) is 0 Å². The van der Waals surface area contributed by atoms with Crippen LogP contribution in [0.4, 0.5) is 5.69 Å². The second-order valence-corrected chi connectivity index (χ2v) is 7.27. The van der Waals surface area contributed by atoms with Crippen LogP contribution < -0.4 is 5.32 Å². The summed E-state index contributed by atoms with van der Waals surface area (Å²) in [6, 6.07) is -0.315. The summed E-state index contributed by atoms with van der Waals surface area (Å²) in [6.45, 7) is 11.6. The molecule has 0 bridgehead atoms. The molecule has 0 saturated heterocycles. The van der Waals surface area contributed by atoms with E-state index >= 15 is 0 Å². The Hall–Kier alpha value is -1.88. The van der Waals surface area contributed by atoms with Gasteiger partial charge in [0.2, 0.25) is 0 Å². The number of aliphatic hydroxyl groups excluding tert-OH is 1.